The summed E-state index contributed by atoms with van der Waals surface area (Å²) < 4.78 is 16.3. The monoisotopic (exact) mass is 433 g/mol. The van der Waals surface area contributed by atoms with Crippen molar-refractivity contribution in [2.75, 3.05) is 32.7 Å². The highest BCUT2D eigenvalue weighted by molar-refractivity contribution is 7.09. The van der Waals surface area contributed by atoms with Gasteiger partial charge in [-0.2, -0.15) is 0 Å². The van der Waals surface area contributed by atoms with Crippen molar-refractivity contribution in [1.29, 1.82) is 0 Å². The van der Waals surface area contributed by atoms with E-state index in [0.717, 1.165) is 30.2 Å². The Hall–Kier alpha value is -2.65. The number of ether oxygens (including phenoxy) is 3. The second kappa shape index (κ2) is 10.4. The van der Waals surface area contributed by atoms with Gasteiger partial charge in [-0.1, -0.05) is 0 Å². The zero-order valence-electron chi connectivity index (χ0n) is 17.4. The number of nitrogens with zero attached hydrogens (tertiary/aromatic N) is 1. The van der Waals surface area contributed by atoms with Crippen molar-refractivity contribution >= 4 is 28.8 Å². The summed E-state index contributed by atoms with van der Waals surface area (Å²) in [5, 5.41) is 8.63. The zero-order chi connectivity index (χ0) is 21.5. The first-order valence-electron chi connectivity index (χ1n) is 9.86. The summed E-state index contributed by atoms with van der Waals surface area (Å²) >= 11 is 1.56. The predicted molar refractivity (Wildman–Crippen MR) is 115 cm³/mol. The Morgan fingerprint density at radius 2 is 2.13 bits per heavy atom. The number of methoxy groups -OCH3 is 2. The third-order valence-electron chi connectivity index (χ3n) is 4.80. The van der Waals surface area contributed by atoms with E-state index < -0.39 is 0 Å². The Morgan fingerprint density at radius 1 is 1.30 bits per heavy atom. The molecule has 1 aliphatic heterocycles. The van der Waals surface area contributed by atoms with Crippen molar-refractivity contribution in [2.24, 2.45) is 0 Å². The Bertz CT molecular complexity index is 893. The number of benzene rings is 1. The molecule has 1 aromatic carbocycles. The van der Waals surface area contributed by atoms with Gasteiger partial charge in [0, 0.05) is 30.5 Å². The van der Waals surface area contributed by atoms with Crippen LogP contribution in [-0.4, -0.2) is 50.3 Å². The van der Waals surface area contributed by atoms with Crippen LogP contribution >= 0.6 is 11.3 Å². The number of anilines is 1. The second-order valence-corrected chi connectivity index (χ2v) is 8.07. The van der Waals surface area contributed by atoms with E-state index in [1.54, 1.807) is 23.5 Å². The first-order valence-corrected chi connectivity index (χ1v) is 10.7. The van der Waals surface area contributed by atoms with Gasteiger partial charge < -0.3 is 24.8 Å². The average Bonchev–Trinajstić information content (AvgIpc) is 3.41. The van der Waals surface area contributed by atoms with Gasteiger partial charge in [0.25, 0.3) is 5.91 Å². The fraction of sp³-hybridized carbons (Fsp3) is 0.476. The van der Waals surface area contributed by atoms with Crippen LogP contribution in [0, 0.1) is 6.92 Å². The van der Waals surface area contributed by atoms with Crippen LogP contribution < -0.4 is 20.1 Å². The molecule has 1 aliphatic rings. The highest BCUT2D eigenvalue weighted by Gasteiger charge is 2.20. The normalized spacial score (nSPS) is 15.6. The smallest absolute Gasteiger partial charge is 0.251 e. The summed E-state index contributed by atoms with van der Waals surface area (Å²) in [5.74, 6) is 0.275. The molecule has 2 N–H and O–H groups in total. The highest BCUT2D eigenvalue weighted by Crippen LogP contribution is 2.36. The van der Waals surface area contributed by atoms with Crippen LogP contribution in [-0.2, 0) is 16.0 Å². The highest BCUT2D eigenvalue weighted by atomic mass is 32.1. The lowest BCUT2D eigenvalue weighted by atomic mass is 10.1. The Morgan fingerprint density at radius 3 is 2.77 bits per heavy atom. The number of aromatic nitrogens is 1. The lowest BCUT2D eigenvalue weighted by Crippen LogP contribution is -2.31. The summed E-state index contributed by atoms with van der Waals surface area (Å²) in [4.78, 5) is 29.5. The molecule has 0 aliphatic carbocycles. The van der Waals surface area contributed by atoms with E-state index in [9.17, 15) is 9.59 Å². The molecular formula is C21H27N3O5S. The Balaban J connectivity index is 1.70. The lowest BCUT2D eigenvalue weighted by molar-refractivity contribution is -0.116. The fourth-order valence-corrected chi connectivity index (χ4v) is 3.93. The van der Waals surface area contributed by atoms with E-state index in [1.807, 2.05) is 12.3 Å². The second-order valence-electron chi connectivity index (χ2n) is 7.01. The molecule has 3 rings (SSSR count). The van der Waals surface area contributed by atoms with E-state index in [0.29, 0.717) is 35.7 Å². The van der Waals surface area contributed by atoms with Gasteiger partial charge in [0.15, 0.2) is 11.5 Å². The van der Waals surface area contributed by atoms with Crippen molar-refractivity contribution in [3.05, 3.63) is 33.8 Å². The van der Waals surface area contributed by atoms with Crippen LogP contribution in [0.3, 0.4) is 0 Å². The number of carbonyl (C=O) groups is 2. The predicted octanol–water partition coefficient (Wildman–Crippen LogP) is 2.95. The quantitative estimate of drug-likeness (QED) is 0.631. The largest absolute Gasteiger partial charge is 0.493 e. The number of rotatable bonds is 9. The zero-order valence-corrected chi connectivity index (χ0v) is 18.3. The van der Waals surface area contributed by atoms with Crippen molar-refractivity contribution in [3.63, 3.8) is 0 Å². The number of hydrogen-bond acceptors (Lipinski definition) is 7. The van der Waals surface area contributed by atoms with E-state index in [2.05, 4.69) is 15.6 Å². The molecule has 1 atom stereocenters. The first kappa shape index (κ1) is 22.0. The standard InChI is InChI=1S/C21H27N3O5S/c1-13-23-15(12-30-13)6-7-19(25)24-17-9-14(10-18(27-2)20(17)28-3)21(26)22-11-16-5-4-8-29-16/h9-10,12,16H,4-8,11H2,1-3H3,(H,22,26)(H,24,25). The molecule has 2 heterocycles. The van der Waals surface area contributed by atoms with E-state index in [1.165, 1.54) is 14.2 Å². The summed E-state index contributed by atoms with van der Waals surface area (Å²) in [6, 6.07) is 3.19. The lowest BCUT2D eigenvalue weighted by Gasteiger charge is -2.16. The number of hydrogen-bond donors (Lipinski definition) is 2. The molecule has 162 valence electrons. The Kier molecular flexibility index (Phi) is 7.64. The molecule has 30 heavy (non-hydrogen) atoms. The number of nitrogens with one attached hydrogen (secondary N) is 2. The molecule has 1 saturated heterocycles. The molecule has 2 amide bonds. The van der Waals surface area contributed by atoms with Crippen LogP contribution in [0.4, 0.5) is 5.69 Å². The van der Waals surface area contributed by atoms with Crippen molar-refractivity contribution in [2.45, 2.75) is 38.7 Å². The molecule has 1 aromatic heterocycles. The molecule has 9 heteroatoms. The van der Waals surface area contributed by atoms with Gasteiger partial charge in [-0.15, -0.1) is 11.3 Å². The van der Waals surface area contributed by atoms with Gasteiger partial charge in [0.1, 0.15) is 0 Å². The summed E-state index contributed by atoms with van der Waals surface area (Å²) in [7, 11) is 2.98. The minimum Gasteiger partial charge on any atom is -0.493 e. The molecule has 0 bridgehead atoms. The molecule has 0 radical (unpaired) electrons. The van der Waals surface area contributed by atoms with E-state index >= 15 is 0 Å². The van der Waals surface area contributed by atoms with Crippen molar-refractivity contribution < 1.29 is 23.8 Å². The van der Waals surface area contributed by atoms with Crippen LogP contribution in [0.25, 0.3) is 0 Å². The third-order valence-corrected chi connectivity index (χ3v) is 5.63. The average molecular weight is 434 g/mol. The van der Waals surface area contributed by atoms with E-state index in [-0.39, 0.29) is 24.3 Å². The van der Waals surface area contributed by atoms with Crippen LogP contribution in [0.5, 0.6) is 11.5 Å². The number of aryl methyl sites for hydroxylation is 2. The maximum absolute atomic E-state index is 12.6. The van der Waals surface area contributed by atoms with Crippen molar-refractivity contribution in [3.8, 4) is 11.5 Å². The number of amides is 2. The van der Waals surface area contributed by atoms with Crippen molar-refractivity contribution in [1.82, 2.24) is 10.3 Å². The van der Waals surface area contributed by atoms with Crippen LogP contribution in [0.1, 0.15) is 40.3 Å². The molecule has 8 nitrogen and oxygen atoms in total. The van der Waals surface area contributed by atoms with Gasteiger partial charge in [-0.05, 0) is 38.3 Å². The molecule has 1 unspecified atom stereocenters. The third kappa shape index (κ3) is 5.70. The molecule has 1 fully saturated rings. The maximum atomic E-state index is 12.6. The minimum atomic E-state index is -0.264. The van der Waals surface area contributed by atoms with Gasteiger partial charge in [0.05, 0.1) is 36.7 Å². The fourth-order valence-electron chi connectivity index (χ4n) is 3.28. The molecule has 0 spiro atoms. The topological polar surface area (TPSA) is 98.8 Å². The summed E-state index contributed by atoms with van der Waals surface area (Å²) in [5.41, 5.74) is 1.65. The summed E-state index contributed by atoms with van der Waals surface area (Å²) in [6.45, 7) is 3.11. The first-order chi connectivity index (χ1) is 14.5. The Labute approximate surface area is 179 Å². The molecule has 0 saturated carbocycles. The van der Waals surface area contributed by atoms with E-state index in [4.69, 9.17) is 14.2 Å². The van der Waals surface area contributed by atoms with Gasteiger partial charge in [-0.3, -0.25) is 9.59 Å². The van der Waals surface area contributed by atoms with Gasteiger partial charge in [-0.25, -0.2) is 4.98 Å². The minimum absolute atomic E-state index is 0.0441. The van der Waals surface area contributed by atoms with Crippen LogP contribution in [0.2, 0.25) is 0 Å². The van der Waals surface area contributed by atoms with Crippen LogP contribution in [0.15, 0.2) is 17.5 Å². The number of thiazole rings is 1. The van der Waals surface area contributed by atoms with Gasteiger partial charge >= 0.3 is 0 Å². The summed E-state index contributed by atoms with van der Waals surface area (Å²) in [6.07, 6.45) is 2.79. The number of carbonyl (C=O) groups excluding carboxylic acids is 2. The molecule has 2 aromatic rings. The maximum Gasteiger partial charge on any atom is 0.251 e. The molecular weight excluding hydrogens is 406 g/mol. The SMILES string of the molecule is COc1cc(C(=O)NCC2CCCO2)cc(NC(=O)CCc2csc(C)n2)c1OC. The van der Waals surface area contributed by atoms with Gasteiger partial charge in [0.2, 0.25) is 5.91 Å².